The number of halogens is 1. The van der Waals surface area contributed by atoms with Gasteiger partial charge in [-0.2, -0.15) is 4.31 Å². The third-order valence-corrected chi connectivity index (χ3v) is 5.09. The lowest BCUT2D eigenvalue weighted by Crippen LogP contribution is -2.38. The Morgan fingerprint density at radius 1 is 1.44 bits per heavy atom. The van der Waals surface area contributed by atoms with Gasteiger partial charge in [0.15, 0.2) is 0 Å². The zero-order chi connectivity index (χ0) is 13.2. The second-order valence-electron chi connectivity index (χ2n) is 4.30. The van der Waals surface area contributed by atoms with Crippen LogP contribution >= 0.6 is 0 Å². The predicted molar refractivity (Wildman–Crippen MR) is 65.2 cm³/mol. The van der Waals surface area contributed by atoms with E-state index in [2.05, 4.69) is 0 Å². The van der Waals surface area contributed by atoms with Crippen molar-refractivity contribution in [2.24, 2.45) is 0 Å². The van der Waals surface area contributed by atoms with Gasteiger partial charge in [-0.3, -0.25) is 0 Å². The van der Waals surface area contributed by atoms with E-state index in [-0.39, 0.29) is 10.9 Å². The first kappa shape index (κ1) is 13.5. The van der Waals surface area contributed by atoms with E-state index in [1.165, 1.54) is 29.6 Å². The molecule has 0 spiro atoms. The summed E-state index contributed by atoms with van der Waals surface area (Å²) >= 11 is 0. The van der Waals surface area contributed by atoms with Gasteiger partial charge in [0.2, 0.25) is 10.0 Å². The zero-order valence-corrected chi connectivity index (χ0v) is 11.0. The minimum Gasteiger partial charge on any atom is -0.383 e. The molecule has 0 bridgehead atoms. The highest BCUT2D eigenvalue weighted by molar-refractivity contribution is 7.89. The SMILES string of the molecule is COCC1CCCN1S(=O)(=O)c1ccccc1F. The summed E-state index contributed by atoms with van der Waals surface area (Å²) in [6.45, 7) is 0.762. The fourth-order valence-electron chi connectivity index (χ4n) is 2.26. The summed E-state index contributed by atoms with van der Waals surface area (Å²) < 4.78 is 44.7. The highest BCUT2D eigenvalue weighted by Crippen LogP contribution is 2.27. The molecule has 0 saturated carbocycles. The number of hydrogen-bond acceptors (Lipinski definition) is 3. The summed E-state index contributed by atoms with van der Waals surface area (Å²) in [5, 5.41) is 0. The molecule has 1 aliphatic rings. The topological polar surface area (TPSA) is 46.6 Å². The van der Waals surface area contributed by atoms with E-state index in [0.717, 1.165) is 18.9 Å². The van der Waals surface area contributed by atoms with Crippen LogP contribution < -0.4 is 0 Å². The van der Waals surface area contributed by atoms with Gasteiger partial charge in [0, 0.05) is 19.7 Å². The number of ether oxygens (including phenoxy) is 1. The van der Waals surface area contributed by atoms with Crippen LogP contribution in [0.2, 0.25) is 0 Å². The van der Waals surface area contributed by atoms with E-state index in [0.29, 0.717) is 13.2 Å². The third kappa shape index (κ3) is 2.41. The van der Waals surface area contributed by atoms with Gasteiger partial charge in [-0.25, -0.2) is 12.8 Å². The first-order valence-electron chi connectivity index (χ1n) is 5.82. The first-order chi connectivity index (χ1) is 8.57. The van der Waals surface area contributed by atoms with E-state index >= 15 is 0 Å². The molecule has 1 aromatic carbocycles. The Hall–Kier alpha value is -0.980. The summed E-state index contributed by atoms with van der Waals surface area (Å²) in [6.07, 6.45) is 1.53. The lowest BCUT2D eigenvalue weighted by molar-refractivity contribution is 0.149. The highest BCUT2D eigenvalue weighted by Gasteiger charge is 2.36. The van der Waals surface area contributed by atoms with Crippen LogP contribution in [-0.4, -0.2) is 39.0 Å². The second-order valence-corrected chi connectivity index (χ2v) is 6.16. The van der Waals surface area contributed by atoms with E-state index in [1.807, 2.05) is 0 Å². The Morgan fingerprint density at radius 2 is 2.17 bits per heavy atom. The number of rotatable bonds is 4. The summed E-state index contributed by atoms with van der Waals surface area (Å²) in [5.74, 6) is -0.708. The van der Waals surface area contributed by atoms with Gasteiger partial charge in [-0.05, 0) is 25.0 Å². The first-order valence-corrected chi connectivity index (χ1v) is 7.26. The summed E-state index contributed by atoms with van der Waals surface area (Å²) in [7, 11) is -2.23. The third-order valence-electron chi connectivity index (χ3n) is 3.11. The van der Waals surface area contributed by atoms with Crippen molar-refractivity contribution in [1.29, 1.82) is 0 Å². The molecular weight excluding hydrogens is 257 g/mol. The summed E-state index contributed by atoms with van der Waals surface area (Å²) in [4.78, 5) is -0.256. The Balaban J connectivity index is 2.34. The molecule has 1 saturated heterocycles. The largest absolute Gasteiger partial charge is 0.383 e. The highest BCUT2D eigenvalue weighted by atomic mass is 32.2. The molecule has 1 atom stereocenters. The van der Waals surface area contributed by atoms with Crippen molar-refractivity contribution in [2.45, 2.75) is 23.8 Å². The smallest absolute Gasteiger partial charge is 0.246 e. The number of sulfonamides is 1. The van der Waals surface area contributed by atoms with Crippen LogP contribution in [0.5, 0.6) is 0 Å². The van der Waals surface area contributed by atoms with Crippen LogP contribution in [0.25, 0.3) is 0 Å². The van der Waals surface area contributed by atoms with Crippen LogP contribution in [0.15, 0.2) is 29.2 Å². The summed E-state index contributed by atoms with van der Waals surface area (Å²) in [6, 6.07) is 5.27. The van der Waals surface area contributed by atoms with Gasteiger partial charge in [-0.15, -0.1) is 0 Å². The van der Waals surface area contributed by atoms with E-state index in [4.69, 9.17) is 4.74 Å². The fraction of sp³-hybridized carbons (Fsp3) is 0.500. The van der Waals surface area contributed by atoms with Crippen molar-refractivity contribution in [3.8, 4) is 0 Å². The van der Waals surface area contributed by atoms with Crippen molar-refractivity contribution >= 4 is 10.0 Å². The van der Waals surface area contributed by atoms with Gasteiger partial charge in [0.1, 0.15) is 10.7 Å². The molecule has 0 amide bonds. The monoisotopic (exact) mass is 273 g/mol. The number of methoxy groups -OCH3 is 1. The molecule has 2 rings (SSSR count). The van der Waals surface area contributed by atoms with Crippen LogP contribution in [0.1, 0.15) is 12.8 Å². The predicted octanol–water partition coefficient (Wildman–Crippen LogP) is 1.63. The molecular formula is C12H16FNO3S. The maximum absolute atomic E-state index is 13.6. The normalized spacial score (nSPS) is 21.3. The number of hydrogen-bond donors (Lipinski definition) is 0. The second kappa shape index (κ2) is 5.34. The molecule has 0 radical (unpaired) electrons. The Bertz CT molecular complexity index is 518. The molecule has 0 aliphatic carbocycles. The van der Waals surface area contributed by atoms with Crippen molar-refractivity contribution in [3.05, 3.63) is 30.1 Å². The van der Waals surface area contributed by atoms with Crippen LogP contribution in [0.3, 0.4) is 0 Å². The average molecular weight is 273 g/mol. The Morgan fingerprint density at radius 3 is 2.83 bits per heavy atom. The van der Waals surface area contributed by atoms with Gasteiger partial charge in [-0.1, -0.05) is 12.1 Å². The van der Waals surface area contributed by atoms with Gasteiger partial charge < -0.3 is 4.74 Å². The maximum Gasteiger partial charge on any atom is 0.246 e. The molecule has 18 heavy (non-hydrogen) atoms. The minimum absolute atomic E-state index is 0.195. The molecule has 0 N–H and O–H groups in total. The molecule has 4 nitrogen and oxygen atoms in total. The van der Waals surface area contributed by atoms with E-state index in [1.54, 1.807) is 0 Å². The summed E-state index contributed by atoms with van der Waals surface area (Å²) in [5.41, 5.74) is 0. The molecule has 1 aromatic rings. The zero-order valence-electron chi connectivity index (χ0n) is 10.2. The van der Waals surface area contributed by atoms with E-state index in [9.17, 15) is 12.8 Å². The average Bonchev–Trinajstić information content (AvgIpc) is 2.79. The van der Waals surface area contributed by atoms with E-state index < -0.39 is 15.8 Å². The Kier molecular flexibility index (Phi) is 3.99. The molecule has 1 fully saturated rings. The van der Waals surface area contributed by atoms with Crippen molar-refractivity contribution in [3.63, 3.8) is 0 Å². The van der Waals surface area contributed by atoms with Crippen molar-refractivity contribution in [1.82, 2.24) is 4.31 Å². The fourth-order valence-corrected chi connectivity index (χ4v) is 4.01. The molecule has 100 valence electrons. The molecule has 1 heterocycles. The van der Waals surface area contributed by atoms with Crippen LogP contribution in [0, 0.1) is 5.82 Å². The molecule has 6 heteroatoms. The minimum atomic E-state index is -3.76. The molecule has 1 aliphatic heterocycles. The molecule has 1 unspecified atom stereocenters. The Labute approximate surface area is 106 Å². The van der Waals surface area contributed by atoms with Crippen molar-refractivity contribution in [2.75, 3.05) is 20.3 Å². The maximum atomic E-state index is 13.6. The van der Waals surface area contributed by atoms with Crippen molar-refractivity contribution < 1.29 is 17.5 Å². The van der Waals surface area contributed by atoms with Gasteiger partial charge in [0.05, 0.1) is 6.61 Å². The lowest BCUT2D eigenvalue weighted by atomic mass is 10.2. The number of nitrogens with zero attached hydrogens (tertiary/aromatic N) is 1. The standard InChI is InChI=1S/C12H16FNO3S/c1-17-9-10-5-4-8-14(10)18(15,16)12-7-3-2-6-11(12)13/h2-3,6-7,10H,4-5,8-9H2,1H3. The van der Waals surface area contributed by atoms with Gasteiger partial charge >= 0.3 is 0 Å². The van der Waals surface area contributed by atoms with Crippen LogP contribution in [-0.2, 0) is 14.8 Å². The van der Waals surface area contributed by atoms with Gasteiger partial charge in [0.25, 0.3) is 0 Å². The van der Waals surface area contributed by atoms with Crippen LogP contribution in [0.4, 0.5) is 4.39 Å². The quantitative estimate of drug-likeness (QED) is 0.837. The lowest BCUT2D eigenvalue weighted by Gasteiger charge is -2.23. The molecule has 0 aromatic heterocycles. The number of benzene rings is 1.